The monoisotopic (exact) mass is 1360 g/mol. The molecule has 94 heavy (non-hydrogen) atoms. The molecule has 11 atom stereocenters. The number of Topliss-reactive ketones (excluding diaryl/α,β-unsaturated/α-hetero) is 1. The van der Waals surface area contributed by atoms with E-state index in [1.165, 1.54) is 90.4 Å². The van der Waals surface area contributed by atoms with Crippen LogP contribution >= 0.6 is 24.8 Å². The summed E-state index contributed by atoms with van der Waals surface area (Å²) in [4.78, 5) is 74.7. The fourth-order valence-electron chi connectivity index (χ4n) is 10.2. The summed E-state index contributed by atoms with van der Waals surface area (Å²) in [6.45, 7) is 21.2. The minimum absolute atomic E-state index is 0. The van der Waals surface area contributed by atoms with Crippen molar-refractivity contribution in [2.75, 3.05) is 72.0 Å². The van der Waals surface area contributed by atoms with Crippen LogP contribution in [0.25, 0.3) is 10.8 Å². The molecule has 8 rings (SSSR count). The van der Waals surface area contributed by atoms with Crippen LogP contribution in [0.15, 0.2) is 84.4 Å². The van der Waals surface area contributed by atoms with Gasteiger partial charge in [-0.05, 0) is 51.9 Å². The number of aromatic hydroxyl groups is 3. The maximum atomic E-state index is 14.4. The number of primary amides is 1. The van der Waals surface area contributed by atoms with Crippen molar-refractivity contribution in [3.63, 3.8) is 0 Å². The zero-order chi connectivity index (χ0) is 68.6. The lowest BCUT2D eigenvalue weighted by molar-refractivity contribution is -0.160. The number of hydrogen-bond acceptors (Lipinski definition) is 25. The standard InChI is InChI=1S/C43H58N4O12.C10H24N2O2.C6H7N3O.C5H5N3O.2ClH/c1-21-12-11-13-22(2)42(55)45-33-28(20-44-47-17-15-46(9)16-18-47)37(52)30-31(38(33)53)36(51)26(6)40-32(30)41(54)43(8,59-40)57-19-14-29(56-10)23(3)39(58-27(7)48)25(5)35(50)24(4)34(21)49;1-3-9(7-13)11-5-6-12-10(4-2)8-14;7-9-6(10)5-1-3-8-4-2-5;6-5(9)4-3-7-1-2-8-4;;/h11-14,19-21,23-25,29,34-35,39,49-53H,15-18H2,1-10H3,(H,45,55);9-14H,3-8H2,1-2H3;1-4H,7H2,(H,9,10);1-3H,(H2,6,9);2*1H/b12-11+,19-14+,22-13-,44-20+;;;;;/t21-,23+,24+,25+,29-,34-,35+,39+,43-;9-,10-;;;;/m00..../s1. The molecule has 2 aromatic heterocycles. The number of ketones is 1. The summed E-state index contributed by atoms with van der Waals surface area (Å²) in [5.41, 5.74) is 7.24. The van der Waals surface area contributed by atoms with Gasteiger partial charge in [0.15, 0.2) is 5.75 Å². The molecule has 4 aliphatic heterocycles. The zero-order valence-electron chi connectivity index (χ0n) is 55.3. The third-order valence-electron chi connectivity index (χ3n) is 16.2. The van der Waals surface area contributed by atoms with Crippen LogP contribution in [0.3, 0.4) is 0 Å². The number of carbonyl (C=O) groups excluding carboxylic acids is 5. The Morgan fingerprint density at radius 3 is 1.98 bits per heavy atom. The SMILES string of the molecule is CC[C@@H](CO)NCCN[C@@H](CC)CO.CO[C@H]1/C=C/O[C@@]2(C)Oc3c(C)c(O)c4c(O)c(c(/C=N/N5CCN(C)CC5)c(O)c4c3C2=O)NC(=O)/C(C)=C\C=C\[C@H](C)[C@H](O)[C@@H](C)[C@@H](O)[C@@H](C)[C@H](OC(C)=O)[C@@H]1C.Cl.Cl.NC(=O)c1cnccn1.NNC(=O)c1ccncc1. The maximum Gasteiger partial charge on any atom is 0.312 e. The van der Waals surface area contributed by atoms with Crippen molar-refractivity contribution in [2.45, 2.75) is 124 Å². The number of amides is 3. The van der Waals surface area contributed by atoms with Crippen LogP contribution in [-0.2, 0) is 23.8 Å². The van der Waals surface area contributed by atoms with Gasteiger partial charge in [0.05, 0.1) is 72.4 Å². The molecule has 3 amide bonds. The number of phenols is 3. The van der Waals surface area contributed by atoms with Gasteiger partial charge in [0.25, 0.3) is 23.5 Å². The summed E-state index contributed by atoms with van der Waals surface area (Å²) in [5, 5.41) is 91.1. The number of allylic oxidation sites excluding steroid dienone is 2. The molecular formula is C64H96Cl2N12O16. The van der Waals surface area contributed by atoms with Crippen molar-refractivity contribution in [1.29, 1.82) is 0 Å². The smallest absolute Gasteiger partial charge is 0.312 e. The molecule has 4 aliphatic rings. The fraction of sp³-hybridized carbons (Fsp3) is 0.516. The first-order valence-corrected chi connectivity index (χ1v) is 30.4. The highest BCUT2D eigenvalue weighted by molar-refractivity contribution is 6.24. The molecule has 0 radical (unpaired) electrons. The Kier molecular flexibility index (Phi) is 35.0. The van der Waals surface area contributed by atoms with Gasteiger partial charge in [-0.15, -0.1) is 24.8 Å². The largest absolute Gasteiger partial charge is 0.507 e. The number of pyridine rings is 1. The number of phenolic OH excluding ortho intramolecular Hbond substituents is 3. The highest BCUT2D eigenvalue weighted by atomic mass is 35.5. The number of hydrazine groups is 1. The van der Waals surface area contributed by atoms with Crippen LogP contribution in [0.4, 0.5) is 5.69 Å². The van der Waals surface area contributed by atoms with Gasteiger partial charge in [-0.25, -0.2) is 10.8 Å². The van der Waals surface area contributed by atoms with Crippen molar-refractivity contribution in [2.24, 2.45) is 40.3 Å². The van der Waals surface area contributed by atoms with Gasteiger partial charge in [0.2, 0.25) is 0 Å². The Labute approximate surface area is 561 Å². The molecule has 5 bridgehead atoms. The normalized spacial score (nSPS) is 24.2. The summed E-state index contributed by atoms with van der Waals surface area (Å²) in [7, 11) is 3.42. The first-order chi connectivity index (χ1) is 43.7. The van der Waals surface area contributed by atoms with Crippen LogP contribution in [0, 0.1) is 30.6 Å². The predicted molar refractivity (Wildman–Crippen MR) is 360 cm³/mol. The van der Waals surface area contributed by atoms with Crippen LogP contribution < -0.4 is 37.7 Å². The number of piperazine rings is 1. The van der Waals surface area contributed by atoms with Crippen LogP contribution in [-0.4, -0.2) is 205 Å². The average molecular weight is 1360 g/mol. The van der Waals surface area contributed by atoms with Crippen LogP contribution in [0.5, 0.6) is 23.0 Å². The number of nitrogens with zero attached hydrogens (tertiary/aromatic N) is 6. The summed E-state index contributed by atoms with van der Waals surface area (Å²) in [5.74, 6) is -4.31. The first kappa shape index (κ1) is 82.5. The highest BCUT2D eigenvalue weighted by Crippen LogP contribution is 2.55. The number of ether oxygens (including phenoxy) is 4. The number of aliphatic hydroxyl groups is 4. The second-order valence-electron chi connectivity index (χ2n) is 22.8. The number of rotatable bonds is 15. The molecule has 0 spiro atoms. The van der Waals surface area contributed by atoms with Gasteiger partial charge in [-0.1, -0.05) is 59.8 Å². The molecule has 4 aromatic rings. The van der Waals surface area contributed by atoms with Crippen molar-refractivity contribution in [3.05, 3.63) is 107 Å². The van der Waals surface area contributed by atoms with E-state index in [9.17, 15) is 49.5 Å². The molecule has 0 aliphatic carbocycles. The van der Waals surface area contributed by atoms with Crippen LogP contribution in [0.1, 0.15) is 117 Å². The molecule has 0 unspecified atom stereocenters. The number of likely N-dealkylation sites (N-methyl/N-ethyl adjacent to an activating group) is 1. The van der Waals surface area contributed by atoms with Crippen molar-refractivity contribution < 1.29 is 78.7 Å². The minimum atomic E-state index is -2.04. The average Bonchev–Trinajstić information content (AvgIpc) is 1.49. The molecule has 30 heteroatoms. The molecule has 0 saturated carbocycles. The maximum absolute atomic E-state index is 14.4. The molecule has 522 valence electrons. The van der Waals surface area contributed by atoms with Crippen molar-refractivity contribution in [3.8, 4) is 23.0 Å². The van der Waals surface area contributed by atoms with E-state index < -0.39 is 94.7 Å². The van der Waals surface area contributed by atoms with Gasteiger partial charge < -0.3 is 81.3 Å². The van der Waals surface area contributed by atoms with Gasteiger partial charge in [-0.3, -0.25) is 44.4 Å². The van der Waals surface area contributed by atoms with Crippen molar-refractivity contribution >= 4 is 77.0 Å². The number of esters is 1. The molecule has 6 heterocycles. The number of benzene rings is 2. The number of aliphatic hydroxyl groups excluding tert-OH is 4. The molecule has 15 N–H and O–H groups in total. The third kappa shape index (κ3) is 22.3. The number of hydrazone groups is 1. The van der Waals surface area contributed by atoms with E-state index in [-0.39, 0.29) is 106 Å². The molecular weight excluding hydrogens is 1260 g/mol. The van der Waals surface area contributed by atoms with Gasteiger partial charge in [0, 0.05) is 143 Å². The number of aromatic nitrogens is 3. The molecule has 2 aromatic carbocycles. The van der Waals surface area contributed by atoms with E-state index in [2.05, 4.69) is 40.9 Å². The number of anilines is 1. The number of nitrogen functional groups attached to an aromatic ring is 1. The number of nitrogens with one attached hydrogen (secondary N) is 4. The Hall–Kier alpha value is -7.61. The van der Waals surface area contributed by atoms with Gasteiger partial charge in [-0.2, -0.15) is 5.10 Å². The van der Waals surface area contributed by atoms with E-state index in [0.717, 1.165) is 39.0 Å². The Morgan fingerprint density at radius 1 is 0.862 bits per heavy atom. The molecule has 1 saturated heterocycles. The summed E-state index contributed by atoms with van der Waals surface area (Å²) < 4.78 is 23.6. The Bertz CT molecular complexity index is 3200. The predicted octanol–water partition coefficient (Wildman–Crippen LogP) is 4.15. The van der Waals surface area contributed by atoms with Gasteiger partial charge in [0.1, 0.15) is 29.0 Å². The Morgan fingerprint density at radius 2 is 1.47 bits per heavy atom. The second-order valence-corrected chi connectivity index (χ2v) is 22.8. The van der Waals surface area contributed by atoms with E-state index >= 15 is 0 Å². The number of carbonyl (C=O) groups is 5. The lowest BCUT2D eigenvalue weighted by Crippen LogP contribution is -2.46. The van der Waals surface area contributed by atoms with E-state index in [4.69, 9.17) is 40.7 Å². The minimum Gasteiger partial charge on any atom is -0.507 e. The summed E-state index contributed by atoms with van der Waals surface area (Å²) in [6.07, 6.45) is 14.0. The second kappa shape index (κ2) is 39.9. The lowest BCUT2D eigenvalue weighted by Gasteiger charge is -2.38. The summed E-state index contributed by atoms with van der Waals surface area (Å²) >= 11 is 0. The van der Waals surface area contributed by atoms with E-state index in [1.54, 1.807) is 57.0 Å². The quantitative estimate of drug-likeness (QED) is 0.0116. The summed E-state index contributed by atoms with van der Waals surface area (Å²) in [6, 6.07) is 3.57. The van der Waals surface area contributed by atoms with Gasteiger partial charge >= 0.3 is 11.8 Å². The van der Waals surface area contributed by atoms with Crippen LogP contribution in [0.2, 0.25) is 0 Å². The topological polar surface area (TPSA) is 422 Å². The Balaban J connectivity index is 0.000000693. The van der Waals surface area contributed by atoms with E-state index in [1.807, 2.05) is 26.3 Å². The molecule has 1 fully saturated rings. The number of fused-ring (bicyclic) bond motifs is 14. The number of nitrogens with two attached hydrogens (primary N) is 2. The number of halogens is 2. The first-order valence-electron chi connectivity index (χ1n) is 30.4. The lowest BCUT2D eigenvalue weighted by atomic mass is 9.78. The third-order valence-corrected chi connectivity index (χ3v) is 16.2. The number of methoxy groups -OCH3 is 1. The highest BCUT2D eigenvalue weighted by Gasteiger charge is 2.50. The van der Waals surface area contributed by atoms with Crippen molar-refractivity contribution in [1.82, 2.24) is 40.9 Å². The zero-order valence-corrected chi connectivity index (χ0v) is 56.9. The number of hydrogen-bond donors (Lipinski definition) is 13. The molecule has 28 nitrogen and oxygen atoms in total. The fourth-order valence-corrected chi connectivity index (χ4v) is 10.2. The van der Waals surface area contributed by atoms with E-state index in [0.29, 0.717) is 18.7 Å².